The Morgan fingerprint density at radius 3 is 2.47 bits per heavy atom. The number of rotatable bonds is 5. The van der Waals surface area contributed by atoms with Crippen LogP contribution in [-0.4, -0.2) is 30.4 Å². The topological polar surface area (TPSA) is 42.3 Å². The van der Waals surface area contributed by atoms with Crippen molar-refractivity contribution in [2.45, 2.75) is 50.0 Å². The second kappa shape index (κ2) is 8.38. The van der Waals surface area contributed by atoms with E-state index in [0.29, 0.717) is 18.0 Å². The molecule has 4 nitrogen and oxygen atoms in total. The molecule has 1 saturated heterocycles. The number of fused-ring (bicyclic) bond motifs is 1. The number of sulfonamides is 1. The molecule has 0 N–H and O–H groups in total. The molecule has 5 rings (SSSR count). The highest BCUT2D eigenvalue weighted by atomic mass is 32.2. The third-order valence-electron chi connectivity index (χ3n) is 6.88. The molecule has 1 aliphatic heterocycles. The highest BCUT2D eigenvalue weighted by molar-refractivity contribution is 7.89. The molecule has 0 saturated carbocycles. The summed E-state index contributed by atoms with van der Waals surface area (Å²) in [7, 11) is -3.54. The van der Waals surface area contributed by atoms with Crippen LogP contribution in [0.15, 0.2) is 77.8 Å². The van der Waals surface area contributed by atoms with Gasteiger partial charge in [-0.2, -0.15) is 4.31 Å². The van der Waals surface area contributed by atoms with Crippen LogP contribution in [0.4, 0.5) is 0 Å². The largest absolute Gasteiger partial charge is 0.346 e. The molecule has 1 unspecified atom stereocenters. The molecule has 0 spiro atoms. The summed E-state index contributed by atoms with van der Waals surface area (Å²) in [6, 6.07) is 17.6. The third-order valence-corrected chi connectivity index (χ3v) is 8.71. The lowest BCUT2D eigenvalue weighted by atomic mass is 9.88. The lowest BCUT2D eigenvalue weighted by Crippen LogP contribution is -2.29. The van der Waals surface area contributed by atoms with Crippen LogP contribution in [0.1, 0.15) is 46.7 Å². The Morgan fingerprint density at radius 1 is 1.00 bits per heavy atom. The minimum atomic E-state index is -3.54. The van der Waals surface area contributed by atoms with Gasteiger partial charge in [0.2, 0.25) is 10.0 Å². The molecule has 2 aliphatic rings. The summed E-state index contributed by atoms with van der Waals surface area (Å²) in [5.74, 6) is 0.0285. The standard InChI is InChI=1S/C27H30N2O2S/c1-20-12-14-24(15-13-20)32(30,31)29-16-21(2)26(19-29)27-25-11-7-6-10-23(25)18-28(27)17-22-8-4-3-5-9-22/h3-5,8-9,12-15,18,26H,2,6-7,10-11,16-17,19H2,1H3. The van der Waals surface area contributed by atoms with Crippen LogP contribution < -0.4 is 0 Å². The Hall–Kier alpha value is -2.63. The van der Waals surface area contributed by atoms with E-state index in [-0.39, 0.29) is 5.92 Å². The Balaban J connectivity index is 1.50. The monoisotopic (exact) mass is 446 g/mol. The molecule has 1 atom stereocenters. The van der Waals surface area contributed by atoms with Crippen molar-refractivity contribution in [1.29, 1.82) is 0 Å². The maximum Gasteiger partial charge on any atom is 0.243 e. The summed E-state index contributed by atoms with van der Waals surface area (Å²) in [5, 5.41) is 0. The van der Waals surface area contributed by atoms with Gasteiger partial charge in [-0.3, -0.25) is 0 Å². The first-order chi connectivity index (χ1) is 15.4. The average molecular weight is 447 g/mol. The molecule has 2 aromatic carbocycles. The summed E-state index contributed by atoms with van der Waals surface area (Å²) < 4.78 is 30.7. The lowest BCUT2D eigenvalue weighted by molar-refractivity contribution is 0.471. The van der Waals surface area contributed by atoms with Gasteiger partial charge < -0.3 is 4.57 Å². The quantitative estimate of drug-likeness (QED) is 0.514. The SMILES string of the molecule is C=C1CN(S(=O)(=O)c2ccc(C)cc2)CC1c1c2c(cn1Cc1ccccc1)CCCC2. The Bertz CT molecular complexity index is 1240. The number of nitrogens with zero attached hydrogens (tertiary/aromatic N) is 2. The van der Waals surface area contributed by atoms with Crippen LogP contribution in [0.25, 0.3) is 0 Å². The summed E-state index contributed by atoms with van der Waals surface area (Å²) >= 11 is 0. The van der Waals surface area contributed by atoms with Crippen molar-refractivity contribution in [3.8, 4) is 0 Å². The van der Waals surface area contributed by atoms with Crippen LogP contribution >= 0.6 is 0 Å². The molecule has 1 aliphatic carbocycles. The first-order valence-electron chi connectivity index (χ1n) is 11.4. The third kappa shape index (κ3) is 3.84. The zero-order valence-corrected chi connectivity index (χ0v) is 19.4. The van der Waals surface area contributed by atoms with Gasteiger partial charge in [0.1, 0.15) is 0 Å². The van der Waals surface area contributed by atoms with Gasteiger partial charge in [-0.15, -0.1) is 0 Å². The Morgan fingerprint density at radius 2 is 1.72 bits per heavy atom. The van der Waals surface area contributed by atoms with E-state index in [9.17, 15) is 8.42 Å². The van der Waals surface area contributed by atoms with Crippen LogP contribution in [0.3, 0.4) is 0 Å². The molecule has 32 heavy (non-hydrogen) atoms. The molecule has 166 valence electrons. The fraction of sp³-hybridized carbons (Fsp3) is 0.333. The van der Waals surface area contributed by atoms with Gasteiger partial charge in [0, 0.05) is 37.4 Å². The van der Waals surface area contributed by atoms with E-state index in [2.05, 4.69) is 41.6 Å². The molecule has 0 radical (unpaired) electrons. The van der Waals surface area contributed by atoms with E-state index in [1.54, 1.807) is 16.4 Å². The van der Waals surface area contributed by atoms with E-state index in [1.807, 2.05) is 25.1 Å². The molecule has 0 bridgehead atoms. The van der Waals surface area contributed by atoms with Crippen LogP contribution in [0.5, 0.6) is 0 Å². The molecule has 1 fully saturated rings. The number of benzene rings is 2. The maximum atomic E-state index is 13.3. The Labute approximate surface area is 191 Å². The summed E-state index contributed by atoms with van der Waals surface area (Å²) in [6.07, 6.45) is 6.90. The fourth-order valence-electron chi connectivity index (χ4n) is 5.17. The Kier molecular flexibility index (Phi) is 5.56. The van der Waals surface area contributed by atoms with E-state index in [0.717, 1.165) is 30.5 Å². The maximum absolute atomic E-state index is 13.3. The fourth-order valence-corrected chi connectivity index (χ4v) is 6.63. The van der Waals surface area contributed by atoms with Gasteiger partial charge in [-0.25, -0.2) is 8.42 Å². The predicted molar refractivity (Wildman–Crippen MR) is 128 cm³/mol. The molecular weight excluding hydrogens is 416 g/mol. The molecule has 5 heteroatoms. The van der Waals surface area contributed by atoms with Crippen molar-refractivity contribution in [3.05, 3.63) is 101 Å². The van der Waals surface area contributed by atoms with Crippen molar-refractivity contribution in [1.82, 2.24) is 8.87 Å². The van der Waals surface area contributed by atoms with Crippen molar-refractivity contribution >= 4 is 10.0 Å². The van der Waals surface area contributed by atoms with E-state index >= 15 is 0 Å². The van der Waals surface area contributed by atoms with Gasteiger partial charge in [0.15, 0.2) is 0 Å². The van der Waals surface area contributed by atoms with Crippen LogP contribution in [0.2, 0.25) is 0 Å². The van der Waals surface area contributed by atoms with E-state index in [4.69, 9.17) is 0 Å². The molecule has 3 aromatic rings. The molecule has 2 heterocycles. The lowest BCUT2D eigenvalue weighted by Gasteiger charge is -2.21. The first kappa shape index (κ1) is 21.2. The number of aromatic nitrogens is 1. The summed E-state index contributed by atoms with van der Waals surface area (Å²) in [4.78, 5) is 0.359. The molecular formula is C27H30N2O2S. The smallest absolute Gasteiger partial charge is 0.243 e. The second-order valence-corrected chi connectivity index (χ2v) is 11.1. The van der Waals surface area contributed by atoms with Crippen LogP contribution in [-0.2, 0) is 29.4 Å². The number of aryl methyl sites for hydroxylation is 2. The second-order valence-electron chi connectivity index (χ2n) is 9.16. The highest BCUT2D eigenvalue weighted by Gasteiger charge is 2.38. The molecule has 1 aromatic heterocycles. The molecule has 0 amide bonds. The van der Waals surface area contributed by atoms with Gasteiger partial charge in [-0.05, 0) is 61.4 Å². The predicted octanol–water partition coefficient (Wildman–Crippen LogP) is 5.07. The van der Waals surface area contributed by atoms with E-state index in [1.165, 1.54) is 35.2 Å². The van der Waals surface area contributed by atoms with Crippen molar-refractivity contribution in [2.75, 3.05) is 13.1 Å². The minimum Gasteiger partial charge on any atom is -0.346 e. The zero-order valence-electron chi connectivity index (χ0n) is 18.6. The zero-order chi connectivity index (χ0) is 22.3. The van der Waals surface area contributed by atoms with Crippen molar-refractivity contribution in [2.24, 2.45) is 0 Å². The average Bonchev–Trinajstić information content (AvgIpc) is 3.35. The van der Waals surface area contributed by atoms with E-state index < -0.39 is 10.0 Å². The first-order valence-corrected chi connectivity index (χ1v) is 12.9. The van der Waals surface area contributed by atoms with Crippen molar-refractivity contribution < 1.29 is 8.42 Å². The van der Waals surface area contributed by atoms with Gasteiger partial charge in [0.05, 0.1) is 4.90 Å². The van der Waals surface area contributed by atoms with Crippen LogP contribution in [0, 0.1) is 6.92 Å². The summed E-state index contributed by atoms with van der Waals surface area (Å²) in [6.45, 7) is 7.95. The van der Waals surface area contributed by atoms with Gasteiger partial charge in [-0.1, -0.05) is 60.2 Å². The number of hydrogen-bond acceptors (Lipinski definition) is 2. The minimum absolute atomic E-state index is 0.0285. The highest BCUT2D eigenvalue weighted by Crippen LogP contribution is 2.40. The number of hydrogen-bond donors (Lipinski definition) is 0. The normalized spacial score (nSPS) is 19.3. The summed E-state index contributed by atoms with van der Waals surface area (Å²) in [5.41, 5.74) is 7.42. The van der Waals surface area contributed by atoms with Crippen molar-refractivity contribution in [3.63, 3.8) is 0 Å². The van der Waals surface area contributed by atoms with Gasteiger partial charge >= 0.3 is 0 Å². The van der Waals surface area contributed by atoms with Gasteiger partial charge in [0.25, 0.3) is 0 Å².